The summed E-state index contributed by atoms with van der Waals surface area (Å²) < 4.78 is 2.25. The number of pyridine rings is 2. The summed E-state index contributed by atoms with van der Waals surface area (Å²) in [6.45, 7) is 17.4. The van der Waals surface area contributed by atoms with E-state index in [1.54, 1.807) is 0 Å². The maximum Gasteiger partial charge on any atom is 0.0540 e. The van der Waals surface area contributed by atoms with E-state index in [0.29, 0.717) is 0 Å². The monoisotopic (exact) mass is 821 g/mol. The topological polar surface area (TPSA) is 36.7 Å². The second kappa shape index (κ2) is 11.8. The fourth-order valence-corrected chi connectivity index (χ4v) is 7.51. The summed E-state index contributed by atoms with van der Waals surface area (Å²) in [7, 11) is 2.09. The van der Waals surface area contributed by atoms with Crippen molar-refractivity contribution in [1.29, 1.82) is 0 Å². The quantitative estimate of drug-likeness (QED) is 0.166. The molecule has 250 valence electrons. The van der Waals surface area contributed by atoms with Crippen molar-refractivity contribution in [3.05, 3.63) is 161 Å². The van der Waals surface area contributed by atoms with Crippen LogP contribution in [0.5, 0.6) is 0 Å². The number of anilines is 1. The van der Waals surface area contributed by atoms with E-state index in [9.17, 15) is 0 Å². The predicted molar refractivity (Wildman–Crippen MR) is 194 cm³/mol. The average molecular weight is 822 g/mol. The Bertz CT molecular complexity index is 2240. The van der Waals surface area contributed by atoms with Crippen LogP contribution in [0.15, 0.2) is 103 Å². The Morgan fingerprint density at radius 1 is 0.776 bits per heavy atom. The van der Waals surface area contributed by atoms with Crippen LogP contribution in [-0.2, 0) is 31.9 Å². The van der Waals surface area contributed by atoms with Gasteiger partial charge in [-0.2, -0.15) is 30.9 Å². The van der Waals surface area contributed by atoms with Gasteiger partial charge in [-0.3, -0.25) is 4.98 Å². The Morgan fingerprint density at radius 2 is 1.45 bits per heavy atom. The number of aromatic nitrogens is 3. The molecule has 5 nitrogen and oxygen atoms in total. The van der Waals surface area contributed by atoms with Crippen molar-refractivity contribution in [3.8, 4) is 22.4 Å². The minimum absolute atomic E-state index is 0. The molecule has 49 heavy (non-hydrogen) atoms. The molecule has 8 rings (SSSR count). The molecule has 3 aromatic carbocycles. The predicted octanol–water partition coefficient (Wildman–Crippen LogP) is 9.39. The number of fused-ring (bicyclic) bond motifs is 4. The average Bonchev–Trinajstić information content (AvgIpc) is 3.66. The maximum absolute atomic E-state index is 5.08. The molecule has 2 aliphatic rings. The number of hydrogen-bond acceptors (Lipinski definition) is 4. The van der Waals surface area contributed by atoms with E-state index >= 15 is 0 Å². The number of benzene rings is 3. The molecule has 6 aromatic rings. The van der Waals surface area contributed by atoms with Gasteiger partial charge >= 0.3 is 0 Å². The summed E-state index contributed by atoms with van der Waals surface area (Å²) >= 11 is 0. The first-order chi connectivity index (χ1) is 23.0. The number of imidazole rings is 1. The molecule has 1 aliphatic carbocycles. The van der Waals surface area contributed by atoms with Gasteiger partial charge in [-0.05, 0) is 85.4 Å². The van der Waals surface area contributed by atoms with Crippen LogP contribution >= 0.6 is 0 Å². The fraction of sp³-hybridized carbons (Fsp3) is 0.233. The SMILES string of the molecule is CC1=C(C)N(c2[c-]c(C3(c4[c-]c(-c5cc(C(C)(C)C)ccn5)c5nc(C)c(C)n5c4)c4ccccc4-c4ccccc43)ccc2)[CH-]N1C.[Pt]. The Balaban J connectivity index is 0.00000378. The molecular formula is C43H40N5Pt-3. The second-order valence-corrected chi connectivity index (χ2v) is 14.3. The van der Waals surface area contributed by atoms with Crippen molar-refractivity contribution >= 4 is 11.3 Å². The van der Waals surface area contributed by atoms with Crippen LogP contribution in [-0.4, -0.2) is 26.3 Å². The van der Waals surface area contributed by atoms with Crippen molar-refractivity contribution in [2.75, 3.05) is 11.9 Å². The standard InChI is InChI=1S/C43H40N5.Pt/c1-27-28(2)47-25-33(23-37(41(47)45-27)40-24-31(20-21-44-40)42(5,6)7)43(38-18-11-9-16-35(38)36-17-10-12-19-39(36)43)32-14-13-15-34(22-32)48-26-46(8)29(3)30(48)4;/h9-21,24-26H,1-8H3;/q-3;. The summed E-state index contributed by atoms with van der Waals surface area (Å²) in [6, 6.07) is 36.5. The third kappa shape index (κ3) is 4.92. The number of aryl methyl sites for hydroxylation is 2. The molecule has 1 aliphatic heterocycles. The van der Waals surface area contributed by atoms with Crippen LogP contribution < -0.4 is 4.90 Å². The molecule has 0 radical (unpaired) electrons. The third-order valence-electron chi connectivity index (χ3n) is 10.5. The molecule has 6 heteroatoms. The first-order valence-electron chi connectivity index (χ1n) is 16.7. The molecule has 3 aromatic heterocycles. The van der Waals surface area contributed by atoms with Gasteiger partial charge in [0.1, 0.15) is 0 Å². The van der Waals surface area contributed by atoms with Crippen molar-refractivity contribution < 1.29 is 21.1 Å². The zero-order valence-corrected chi connectivity index (χ0v) is 31.6. The molecule has 0 saturated heterocycles. The number of allylic oxidation sites excluding steroid dienone is 2. The minimum Gasteiger partial charge on any atom is -0.508 e. The molecule has 0 spiro atoms. The molecule has 0 bridgehead atoms. The molecule has 0 N–H and O–H groups in total. The Hall–Kier alpha value is -4.47. The second-order valence-electron chi connectivity index (χ2n) is 14.3. The number of nitrogens with zero attached hydrogens (tertiary/aromatic N) is 5. The van der Waals surface area contributed by atoms with E-state index in [-0.39, 0.29) is 26.5 Å². The van der Waals surface area contributed by atoms with E-state index in [1.807, 2.05) is 6.20 Å². The number of hydrogen-bond donors (Lipinski definition) is 0. The minimum atomic E-state index is -0.698. The first kappa shape index (κ1) is 33.0. The van der Waals surface area contributed by atoms with Gasteiger partial charge in [0.15, 0.2) is 0 Å². The van der Waals surface area contributed by atoms with E-state index < -0.39 is 5.41 Å². The summed E-state index contributed by atoms with van der Waals surface area (Å²) in [6.07, 6.45) is 4.18. The van der Waals surface area contributed by atoms with Gasteiger partial charge in [0.05, 0.1) is 5.65 Å². The molecule has 0 amide bonds. The molecule has 0 saturated carbocycles. The Morgan fingerprint density at radius 3 is 2.08 bits per heavy atom. The van der Waals surface area contributed by atoms with Crippen LogP contribution in [0, 0.1) is 32.6 Å². The zero-order valence-electron chi connectivity index (χ0n) is 29.3. The number of rotatable bonds is 4. The van der Waals surface area contributed by atoms with E-state index in [1.165, 1.54) is 39.2 Å². The van der Waals surface area contributed by atoms with Crippen molar-refractivity contribution in [3.63, 3.8) is 0 Å². The zero-order chi connectivity index (χ0) is 33.5. The summed E-state index contributed by atoms with van der Waals surface area (Å²) in [5, 5.41) is 0. The maximum atomic E-state index is 5.08. The van der Waals surface area contributed by atoms with Crippen LogP contribution in [0.2, 0.25) is 0 Å². The van der Waals surface area contributed by atoms with Gasteiger partial charge in [0.25, 0.3) is 0 Å². The van der Waals surface area contributed by atoms with Crippen molar-refractivity contribution in [2.24, 2.45) is 0 Å². The van der Waals surface area contributed by atoms with Crippen molar-refractivity contribution in [2.45, 2.75) is 59.3 Å². The van der Waals surface area contributed by atoms with Gasteiger partial charge in [-0.25, -0.2) is 0 Å². The molecule has 4 heterocycles. The fourth-order valence-electron chi connectivity index (χ4n) is 7.51. The third-order valence-corrected chi connectivity index (χ3v) is 10.5. The van der Waals surface area contributed by atoms with Crippen molar-refractivity contribution in [1.82, 2.24) is 19.3 Å². The van der Waals surface area contributed by atoms with Gasteiger partial charge in [-0.15, -0.1) is 17.3 Å². The van der Waals surface area contributed by atoms with E-state index in [4.69, 9.17) is 9.97 Å². The smallest absolute Gasteiger partial charge is 0.0540 e. The first-order valence-corrected chi connectivity index (χ1v) is 16.7. The van der Waals surface area contributed by atoms with Crippen LogP contribution in [0.1, 0.15) is 73.8 Å². The summed E-state index contributed by atoms with van der Waals surface area (Å²) in [5.74, 6) is 0. The van der Waals surface area contributed by atoms with Gasteiger partial charge in [-0.1, -0.05) is 92.7 Å². The Labute approximate surface area is 304 Å². The Kier molecular flexibility index (Phi) is 7.99. The van der Waals surface area contributed by atoms with Crippen LogP contribution in [0.25, 0.3) is 28.0 Å². The van der Waals surface area contributed by atoms with Crippen LogP contribution in [0.3, 0.4) is 0 Å². The van der Waals surface area contributed by atoms with E-state index in [0.717, 1.165) is 45.1 Å². The molecule has 0 unspecified atom stereocenters. The van der Waals surface area contributed by atoms with Crippen LogP contribution in [0.4, 0.5) is 5.69 Å². The molecular weight excluding hydrogens is 782 g/mol. The summed E-state index contributed by atoms with van der Waals surface area (Å²) in [4.78, 5) is 14.4. The van der Waals surface area contributed by atoms with E-state index in [2.05, 4.69) is 174 Å². The van der Waals surface area contributed by atoms with Gasteiger partial charge in [0, 0.05) is 49.8 Å². The largest absolute Gasteiger partial charge is 0.508 e. The summed E-state index contributed by atoms with van der Waals surface area (Å²) in [5.41, 5.74) is 15.7. The normalized spacial score (nSPS) is 15.1. The van der Waals surface area contributed by atoms with Gasteiger partial charge < -0.3 is 19.2 Å². The molecule has 0 atom stereocenters. The van der Waals surface area contributed by atoms with Gasteiger partial charge in [0.2, 0.25) is 0 Å². The molecule has 0 fully saturated rings.